The topological polar surface area (TPSA) is 79.0 Å². The zero-order valence-corrected chi connectivity index (χ0v) is 22.0. The van der Waals surface area contributed by atoms with E-state index in [1.807, 2.05) is 16.9 Å². The van der Waals surface area contributed by atoms with Crippen molar-refractivity contribution in [1.29, 1.82) is 0 Å². The first-order valence-corrected chi connectivity index (χ1v) is 14.4. The van der Waals surface area contributed by atoms with E-state index < -0.39 is 21.9 Å². The van der Waals surface area contributed by atoms with Gasteiger partial charge in [-0.15, -0.1) is 0 Å². The summed E-state index contributed by atoms with van der Waals surface area (Å²) in [7, 11) is -3.96. The van der Waals surface area contributed by atoms with Gasteiger partial charge in [-0.25, -0.2) is 9.11 Å². The predicted molar refractivity (Wildman–Crippen MR) is 136 cm³/mol. The molecule has 0 bridgehead atoms. The van der Waals surface area contributed by atoms with Crippen molar-refractivity contribution in [2.75, 3.05) is 26.2 Å². The maximum Gasteiger partial charge on any atom is 0.304 e. The molecule has 1 amide bonds. The van der Waals surface area contributed by atoms with Gasteiger partial charge in [0, 0.05) is 32.2 Å². The zero-order valence-electron chi connectivity index (χ0n) is 19.7. The van der Waals surface area contributed by atoms with Gasteiger partial charge in [0.05, 0.1) is 15.6 Å². The van der Waals surface area contributed by atoms with Crippen LogP contribution < -0.4 is 9.46 Å². The van der Waals surface area contributed by atoms with Crippen molar-refractivity contribution in [3.05, 3.63) is 62.9 Å². The van der Waals surface area contributed by atoms with Gasteiger partial charge in [0.1, 0.15) is 17.7 Å². The average Bonchev–Trinajstić information content (AvgIpc) is 3.60. The maximum atomic E-state index is 15.0. The second kappa shape index (κ2) is 10.5. The number of piperidine rings is 1. The fraction of sp³-hybridized carbons (Fsp3) is 0.480. The van der Waals surface area contributed by atoms with Crippen LogP contribution in [0, 0.1) is 5.82 Å². The van der Waals surface area contributed by atoms with Crippen LogP contribution >= 0.6 is 23.2 Å². The third-order valence-corrected chi connectivity index (χ3v) is 9.11. The number of likely N-dealkylation sites (tertiary alicyclic amines) is 1. The Morgan fingerprint density at radius 2 is 1.83 bits per heavy atom. The number of carbonyl (C=O) groups excluding carboxylic acids is 1. The third-order valence-electron chi connectivity index (χ3n) is 6.88. The first-order valence-electron chi connectivity index (χ1n) is 12.2. The summed E-state index contributed by atoms with van der Waals surface area (Å²) in [4.78, 5) is 14.9. The highest BCUT2D eigenvalue weighted by atomic mass is 35.5. The number of nitrogens with zero attached hydrogens (tertiary/aromatic N) is 2. The largest absolute Gasteiger partial charge is 0.489 e. The molecule has 1 atom stereocenters. The summed E-state index contributed by atoms with van der Waals surface area (Å²) in [6.07, 6.45) is 4.21. The van der Waals surface area contributed by atoms with Crippen molar-refractivity contribution in [2.24, 2.45) is 0 Å². The minimum absolute atomic E-state index is 0.134. The number of rotatable bonds is 8. The number of benzene rings is 2. The van der Waals surface area contributed by atoms with Gasteiger partial charge in [-0.1, -0.05) is 29.3 Å². The molecule has 36 heavy (non-hydrogen) atoms. The molecule has 2 aliphatic heterocycles. The van der Waals surface area contributed by atoms with E-state index in [1.54, 1.807) is 6.07 Å². The van der Waals surface area contributed by atoms with Gasteiger partial charge in [-0.05, 0) is 73.9 Å². The molecule has 1 aliphatic carbocycles. The molecule has 2 heterocycles. The molecule has 1 saturated carbocycles. The molecule has 194 valence electrons. The Morgan fingerprint density at radius 3 is 2.50 bits per heavy atom. The maximum absolute atomic E-state index is 15.0. The minimum Gasteiger partial charge on any atom is -0.489 e. The van der Waals surface area contributed by atoms with E-state index >= 15 is 4.39 Å². The van der Waals surface area contributed by atoms with E-state index in [2.05, 4.69) is 4.90 Å². The molecule has 0 radical (unpaired) electrons. The van der Waals surface area contributed by atoms with Crippen molar-refractivity contribution in [3.63, 3.8) is 0 Å². The number of halogens is 3. The number of ether oxygens (including phenoxy) is 1. The Morgan fingerprint density at radius 1 is 1.06 bits per heavy atom. The molecule has 2 aromatic rings. The van der Waals surface area contributed by atoms with Gasteiger partial charge in [0.25, 0.3) is 5.91 Å². The zero-order chi connectivity index (χ0) is 25.4. The van der Waals surface area contributed by atoms with Gasteiger partial charge in [0.2, 0.25) is 0 Å². The van der Waals surface area contributed by atoms with Crippen LogP contribution in [0.2, 0.25) is 10.0 Å². The van der Waals surface area contributed by atoms with Crippen LogP contribution in [-0.2, 0) is 16.8 Å². The Labute approximate surface area is 220 Å². The van der Waals surface area contributed by atoms with Gasteiger partial charge in [0.15, 0.2) is 0 Å². The number of amides is 1. The molecule has 2 saturated heterocycles. The summed E-state index contributed by atoms with van der Waals surface area (Å²) < 4.78 is 49.1. The summed E-state index contributed by atoms with van der Waals surface area (Å²) in [5, 5.41) is 1.04. The van der Waals surface area contributed by atoms with Crippen LogP contribution in [0.5, 0.6) is 5.75 Å². The number of hydrogen-bond acceptors (Lipinski definition) is 5. The number of hydrogen-bond donors (Lipinski definition) is 1. The molecular weight excluding hydrogens is 528 g/mol. The lowest BCUT2D eigenvalue weighted by atomic mass is 10.0. The molecular formula is C25H28Cl2FN3O4S. The highest BCUT2D eigenvalue weighted by Crippen LogP contribution is 2.45. The Bertz CT molecular complexity index is 1270. The Kier molecular flexibility index (Phi) is 7.47. The molecule has 2 aromatic carbocycles. The van der Waals surface area contributed by atoms with Gasteiger partial charge in [-0.3, -0.25) is 9.69 Å². The Balaban J connectivity index is 1.29. The van der Waals surface area contributed by atoms with Gasteiger partial charge < -0.3 is 4.74 Å². The molecule has 11 heteroatoms. The smallest absolute Gasteiger partial charge is 0.304 e. The summed E-state index contributed by atoms with van der Waals surface area (Å²) in [5.41, 5.74) is 1.53. The second-order valence-electron chi connectivity index (χ2n) is 9.70. The normalized spacial score (nSPS) is 21.1. The van der Waals surface area contributed by atoms with Gasteiger partial charge >= 0.3 is 10.2 Å². The highest BCUT2D eigenvalue weighted by molar-refractivity contribution is 7.87. The molecule has 7 nitrogen and oxygen atoms in total. The highest BCUT2D eigenvalue weighted by Gasteiger charge is 2.33. The van der Waals surface area contributed by atoms with Crippen molar-refractivity contribution >= 4 is 39.3 Å². The third kappa shape index (κ3) is 5.81. The summed E-state index contributed by atoms with van der Waals surface area (Å²) >= 11 is 12.2. The monoisotopic (exact) mass is 555 g/mol. The fourth-order valence-electron chi connectivity index (χ4n) is 4.65. The van der Waals surface area contributed by atoms with E-state index in [0.717, 1.165) is 54.1 Å². The molecule has 5 rings (SSSR count). The fourth-order valence-corrected chi connectivity index (χ4v) is 6.19. The van der Waals surface area contributed by atoms with E-state index in [4.69, 9.17) is 27.9 Å². The summed E-state index contributed by atoms with van der Waals surface area (Å²) in [6, 6.07) is 8.29. The van der Waals surface area contributed by atoms with E-state index in [1.165, 1.54) is 12.1 Å². The average molecular weight is 556 g/mol. The standard InChI is InChI=1S/C25H28Cl2FN3O4S/c26-21-7-4-16(11-22(21)27)14-30-8-1-3-18(15-30)35-24-13-23(28)20(12-19(24)17-5-6-17)25(32)29-36(33,34)31-9-2-10-31/h4,7,11-13,17-18H,1-3,5-6,8-10,14-15H2,(H,29,32). The van der Waals surface area contributed by atoms with E-state index in [0.29, 0.717) is 42.0 Å². The lowest BCUT2D eigenvalue weighted by molar-refractivity contribution is 0.0832. The predicted octanol–water partition coefficient (Wildman–Crippen LogP) is 4.73. The van der Waals surface area contributed by atoms with Crippen LogP contribution in [-0.4, -0.2) is 55.8 Å². The van der Waals surface area contributed by atoms with Crippen molar-refractivity contribution in [3.8, 4) is 5.75 Å². The van der Waals surface area contributed by atoms with Crippen LogP contribution in [0.25, 0.3) is 0 Å². The second-order valence-corrected chi connectivity index (χ2v) is 12.2. The molecule has 1 N–H and O–H groups in total. The lowest BCUT2D eigenvalue weighted by Crippen LogP contribution is -2.49. The minimum atomic E-state index is -3.96. The quantitative estimate of drug-likeness (QED) is 0.509. The molecule has 3 fully saturated rings. The number of carbonyl (C=O) groups is 1. The summed E-state index contributed by atoms with van der Waals surface area (Å²) in [6.45, 7) is 2.99. The molecule has 3 aliphatic rings. The molecule has 0 aromatic heterocycles. The van der Waals surface area contributed by atoms with Crippen LogP contribution in [0.3, 0.4) is 0 Å². The van der Waals surface area contributed by atoms with E-state index in [-0.39, 0.29) is 17.6 Å². The van der Waals surface area contributed by atoms with Crippen LogP contribution in [0.1, 0.15) is 59.5 Å². The lowest BCUT2D eigenvalue weighted by Gasteiger charge is -2.33. The van der Waals surface area contributed by atoms with Crippen molar-refractivity contribution in [1.82, 2.24) is 13.9 Å². The molecule has 0 spiro atoms. The first-order chi connectivity index (χ1) is 17.2. The summed E-state index contributed by atoms with van der Waals surface area (Å²) in [5.74, 6) is -1.15. The Hall–Kier alpha value is -1.91. The van der Waals surface area contributed by atoms with E-state index in [9.17, 15) is 13.2 Å². The first kappa shape index (κ1) is 25.7. The van der Waals surface area contributed by atoms with Crippen molar-refractivity contribution < 1.29 is 22.3 Å². The van der Waals surface area contributed by atoms with Crippen LogP contribution in [0.15, 0.2) is 30.3 Å². The number of nitrogens with one attached hydrogen (secondary N) is 1. The van der Waals surface area contributed by atoms with Gasteiger partial charge in [-0.2, -0.15) is 12.7 Å². The van der Waals surface area contributed by atoms with Crippen LogP contribution in [0.4, 0.5) is 4.39 Å². The SMILES string of the molecule is O=C(NS(=O)(=O)N1CCC1)c1cc(C2CC2)c(OC2CCCN(Cc3ccc(Cl)c(Cl)c3)C2)cc1F. The van der Waals surface area contributed by atoms with Crippen molar-refractivity contribution in [2.45, 2.75) is 50.7 Å². The molecule has 1 unspecified atom stereocenters.